The van der Waals surface area contributed by atoms with E-state index in [0.717, 1.165) is 20.3 Å². The molecule has 0 atom stereocenters. The highest BCUT2D eigenvalue weighted by molar-refractivity contribution is 9.10. The van der Waals surface area contributed by atoms with Crippen molar-refractivity contribution in [3.05, 3.63) is 28.9 Å². The maximum atomic E-state index is 4.59. The van der Waals surface area contributed by atoms with E-state index >= 15 is 0 Å². The van der Waals surface area contributed by atoms with E-state index in [2.05, 4.69) is 51.8 Å². The van der Waals surface area contributed by atoms with Crippen LogP contribution in [0, 0.1) is 0 Å². The van der Waals surface area contributed by atoms with Crippen molar-refractivity contribution in [3.63, 3.8) is 0 Å². The highest BCUT2D eigenvalue weighted by Gasteiger charge is 2.19. The fourth-order valence-corrected chi connectivity index (χ4v) is 2.74. The van der Waals surface area contributed by atoms with E-state index in [0.29, 0.717) is 0 Å². The maximum absolute atomic E-state index is 4.59. The van der Waals surface area contributed by atoms with Gasteiger partial charge in [-0.05, 0) is 15.9 Å². The van der Waals surface area contributed by atoms with Crippen molar-refractivity contribution < 1.29 is 0 Å². The van der Waals surface area contributed by atoms with E-state index < -0.39 is 0 Å². The Labute approximate surface area is 119 Å². The minimum Gasteiger partial charge on any atom is -0.275 e. The predicted octanol–water partition coefficient (Wildman–Crippen LogP) is 3.42. The van der Waals surface area contributed by atoms with Crippen molar-refractivity contribution in [2.75, 3.05) is 0 Å². The van der Waals surface area contributed by atoms with Crippen LogP contribution in [0.15, 0.2) is 33.0 Å². The zero-order chi connectivity index (χ0) is 13.3. The fraction of sp³-hybridized carbons (Fsp3) is 0.417. The van der Waals surface area contributed by atoms with Gasteiger partial charge in [0, 0.05) is 24.7 Å². The Balaban J connectivity index is 2.31. The molecule has 0 aromatic carbocycles. The lowest BCUT2D eigenvalue weighted by Crippen LogP contribution is -2.16. The lowest BCUT2D eigenvalue weighted by Gasteiger charge is -2.17. The Morgan fingerprint density at radius 1 is 1.28 bits per heavy atom. The van der Waals surface area contributed by atoms with Crippen molar-refractivity contribution in [2.45, 2.75) is 36.1 Å². The van der Waals surface area contributed by atoms with Gasteiger partial charge in [-0.2, -0.15) is 5.10 Å². The molecule has 0 unspecified atom stereocenters. The van der Waals surface area contributed by atoms with Crippen LogP contribution in [-0.4, -0.2) is 19.7 Å². The molecule has 0 bridgehead atoms. The molecule has 0 saturated heterocycles. The third-order valence-corrected chi connectivity index (χ3v) is 3.52. The summed E-state index contributed by atoms with van der Waals surface area (Å²) in [6, 6.07) is 1.92. The summed E-state index contributed by atoms with van der Waals surface area (Å²) in [4.78, 5) is 10.1. The topological polar surface area (TPSA) is 43.6 Å². The van der Waals surface area contributed by atoms with Gasteiger partial charge in [-0.25, -0.2) is 9.97 Å². The summed E-state index contributed by atoms with van der Waals surface area (Å²) in [5.74, 6) is 0.836. The Kier molecular flexibility index (Phi) is 3.77. The summed E-state index contributed by atoms with van der Waals surface area (Å²) in [6.07, 6.45) is 3.80. The fourth-order valence-electron chi connectivity index (χ4n) is 1.36. The number of rotatable bonds is 2. The van der Waals surface area contributed by atoms with E-state index in [1.54, 1.807) is 16.4 Å². The molecule has 2 aromatic heterocycles. The molecule has 2 heterocycles. The maximum Gasteiger partial charge on any atom is 0.136 e. The van der Waals surface area contributed by atoms with Crippen molar-refractivity contribution in [1.82, 2.24) is 19.7 Å². The third kappa shape index (κ3) is 3.32. The average Bonchev–Trinajstić information content (AvgIpc) is 2.61. The van der Waals surface area contributed by atoms with E-state index in [4.69, 9.17) is 0 Å². The second kappa shape index (κ2) is 5.01. The van der Waals surface area contributed by atoms with Crippen LogP contribution in [0.5, 0.6) is 0 Å². The van der Waals surface area contributed by atoms with Gasteiger partial charge in [0.1, 0.15) is 15.5 Å². The zero-order valence-electron chi connectivity index (χ0n) is 10.8. The Bertz CT molecular complexity index is 559. The van der Waals surface area contributed by atoms with E-state index in [1.807, 2.05) is 25.5 Å². The van der Waals surface area contributed by atoms with Gasteiger partial charge in [0.05, 0.1) is 11.1 Å². The molecule has 0 spiro atoms. The summed E-state index contributed by atoms with van der Waals surface area (Å²) in [5.41, 5.74) is -0.0615. The molecule has 0 radical (unpaired) electrons. The minimum atomic E-state index is -0.0615. The van der Waals surface area contributed by atoms with Crippen LogP contribution in [-0.2, 0) is 12.5 Å². The second-order valence-corrected chi connectivity index (χ2v) is 6.96. The zero-order valence-corrected chi connectivity index (χ0v) is 13.2. The second-order valence-electron chi connectivity index (χ2n) is 5.05. The van der Waals surface area contributed by atoms with Crippen molar-refractivity contribution >= 4 is 27.7 Å². The quantitative estimate of drug-likeness (QED) is 0.793. The highest BCUT2D eigenvalue weighted by atomic mass is 79.9. The Hall–Kier alpha value is -0.880. The highest BCUT2D eigenvalue weighted by Crippen LogP contribution is 2.29. The molecule has 0 aliphatic rings. The first-order valence-electron chi connectivity index (χ1n) is 5.56. The molecular weight excluding hydrogens is 312 g/mol. The van der Waals surface area contributed by atoms with Gasteiger partial charge in [-0.3, -0.25) is 4.68 Å². The Morgan fingerprint density at radius 3 is 2.56 bits per heavy atom. The lowest BCUT2D eigenvalue weighted by atomic mass is 9.96. The molecule has 2 rings (SSSR count). The molecule has 0 amide bonds. The first-order valence-corrected chi connectivity index (χ1v) is 7.17. The summed E-state index contributed by atoms with van der Waals surface area (Å²) in [7, 11) is 1.90. The van der Waals surface area contributed by atoms with Crippen LogP contribution in [0.4, 0.5) is 0 Å². The number of aryl methyl sites for hydroxylation is 1. The third-order valence-electron chi connectivity index (χ3n) is 2.25. The van der Waals surface area contributed by atoms with Crippen LogP contribution in [0.3, 0.4) is 0 Å². The van der Waals surface area contributed by atoms with Crippen LogP contribution in [0.1, 0.15) is 26.6 Å². The molecule has 0 aliphatic heterocycles. The standard InChI is InChI=1S/C12H15BrN4S/c1-12(2,3)11-15-9(13)5-10(16-11)18-8-6-14-17(4)7-8/h5-7H,1-4H3. The van der Waals surface area contributed by atoms with Crippen LogP contribution < -0.4 is 0 Å². The number of hydrogen-bond acceptors (Lipinski definition) is 4. The molecule has 96 valence electrons. The molecule has 0 N–H and O–H groups in total. The number of aromatic nitrogens is 4. The molecule has 18 heavy (non-hydrogen) atoms. The molecule has 2 aromatic rings. The number of nitrogens with zero attached hydrogens (tertiary/aromatic N) is 4. The van der Waals surface area contributed by atoms with E-state index in [-0.39, 0.29) is 5.41 Å². The summed E-state index contributed by atoms with van der Waals surface area (Å²) in [6.45, 7) is 6.31. The normalized spacial score (nSPS) is 11.8. The number of halogens is 1. The van der Waals surface area contributed by atoms with Gasteiger partial charge in [0.2, 0.25) is 0 Å². The molecule has 0 aliphatic carbocycles. The molecule has 6 heteroatoms. The first kappa shape index (κ1) is 13.5. The van der Waals surface area contributed by atoms with Gasteiger partial charge in [0.25, 0.3) is 0 Å². The van der Waals surface area contributed by atoms with Crippen molar-refractivity contribution in [1.29, 1.82) is 0 Å². The molecule has 0 saturated carbocycles. The smallest absolute Gasteiger partial charge is 0.136 e. The van der Waals surface area contributed by atoms with Gasteiger partial charge in [-0.15, -0.1) is 0 Å². The van der Waals surface area contributed by atoms with Crippen LogP contribution in [0.25, 0.3) is 0 Å². The average molecular weight is 327 g/mol. The summed E-state index contributed by atoms with van der Waals surface area (Å²) in [5, 5.41) is 5.07. The van der Waals surface area contributed by atoms with Gasteiger partial charge >= 0.3 is 0 Å². The predicted molar refractivity (Wildman–Crippen MR) is 75.8 cm³/mol. The Morgan fingerprint density at radius 2 is 2.00 bits per heavy atom. The first-order chi connectivity index (χ1) is 8.34. The van der Waals surface area contributed by atoms with E-state index in [9.17, 15) is 0 Å². The van der Waals surface area contributed by atoms with Crippen LogP contribution >= 0.6 is 27.7 Å². The molecular formula is C12H15BrN4S. The van der Waals surface area contributed by atoms with E-state index in [1.165, 1.54) is 0 Å². The van der Waals surface area contributed by atoms with Crippen LogP contribution in [0.2, 0.25) is 0 Å². The van der Waals surface area contributed by atoms with Crippen molar-refractivity contribution in [2.24, 2.45) is 7.05 Å². The monoisotopic (exact) mass is 326 g/mol. The number of hydrogen-bond donors (Lipinski definition) is 0. The lowest BCUT2D eigenvalue weighted by molar-refractivity contribution is 0.536. The van der Waals surface area contributed by atoms with Crippen molar-refractivity contribution in [3.8, 4) is 0 Å². The molecule has 4 nitrogen and oxygen atoms in total. The largest absolute Gasteiger partial charge is 0.275 e. The van der Waals surface area contributed by atoms with Gasteiger partial charge in [-0.1, -0.05) is 32.5 Å². The SMILES string of the molecule is Cn1cc(Sc2cc(Br)nc(C(C)(C)C)n2)cn1. The van der Waals surface area contributed by atoms with Gasteiger partial charge in [0.15, 0.2) is 0 Å². The molecule has 0 fully saturated rings. The summed E-state index contributed by atoms with van der Waals surface area (Å²) >= 11 is 5.03. The van der Waals surface area contributed by atoms with Gasteiger partial charge < -0.3 is 0 Å². The summed E-state index contributed by atoms with van der Waals surface area (Å²) < 4.78 is 2.59. The minimum absolute atomic E-state index is 0.0615.